The molecule has 0 bridgehead atoms. The van der Waals surface area contributed by atoms with E-state index in [2.05, 4.69) is 30.6 Å². The average molecular weight is 808 g/mol. The molecule has 1 atom stereocenters. The zero-order valence-corrected chi connectivity index (χ0v) is 33.6. The minimum atomic E-state index is -4.54. The summed E-state index contributed by atoms with van der Waals surface area (Å²) in [7, 11) is -12.8. The number of anilines is 1. The molecule has 2 aliphatic heterocycles. The Hall–Kier alpha value is -3.67. The van der Waals surface area contributed by atoms with Crippen molar-refractivity contribution >= 4 is 53.4 Å². The summed E-state index contributed by atoms with van der Waals surface area (Å²) in [5.74, 6) is -1.66. The lowest BCUT2D eigenvalue weighted by Crippen LogP contribution is -2.29. The number of hydrogen-bond donors (Lipinski definition) is 4. The van der Waals surface area contributed by atoms with Crippen molar-refractivity contribution < 1.29 is 53.4 Å². The summed E-state index contributed by atoms with van der Waals surface area (Å²) >= 11 is 0. The number of carboxylic acids is 1. The first kappa shape index (κ1) is 43.1. The fraction of sp³-hybridized carbons (Fsp3) is 0.474. The summed E-state index contributed by atoms with van der Waals surface area (Å²) in [6.07, 6.45) is 12.2. The number of benzene rings is 2. The number of allylic oxidation sites excluding steroid dienone is 6. The monoisotopic (exact) mass is 807 g/mol. The van der Waals surface area contributed by atoms with Crippen LogP contribution in [0.1, 0.15) is 88.8 Å². The predicted octanol–water partition coefficient (Wildman–Crippen LogP) is 6.37. The summed E-state index contributed by atoms with van der Waals surface area (Å²) in [6, 6.07) is 10.6. The number of aryl methyl sites for hydroxylation is 1. The summed E-state index contributed by atoms with van der Waals surface area (Å²) in [5.41, 5.74) is 5.16. The van der Waals surface area contributed by atoms with E-state index in [0.29, 0.717) is 62.9 Å². The highest BCUT2D eigenvalue weighted by atomic mass is 32.2. The Bertz CT molecular complexity index is 2200. The highest BCUT2D eigenvalue weighted by Gasteiger charge is 2.45. The lowest BCUT2D eigenvalue weighted by atomic mass is 9.77. The molecular formula is C38H51N2O11S3+. The Kier molecular flexibility index (Phi) is 13.6. The third kappa shape index (κ3) is 10.8. The van der Waals surface area contributed by atoms with E-state index in [1.165, 1.54) is 12.1 Å². The predicted molar refractivity (Wildman–Crippen MR) is 209 cm³/mol. The van der Waals surface area contributed by atoms with Crippen molar-refractivity contribution in [2.45, 2.75) is 94.8 Å². The van der Waals surface area contributed by atoms with Gasteiger partial charge in [0.1, 0.15) is 6.54 Å². The van der Waals surface area contributed by atoms with Crippen LogP contribution in [0.25, 0.3) is 0 Å². The van der Waals surface area contributed by atoms with E-state index in [-0.39, 0.29) is 28.9 Å². The molecule has 2 aromatic rings. The molecule has 0 fully saturated rings. The van der Waals surface area contributed by atoms with Crippen LogP contribution >= 0.6 is 0 Å². The van der Waals surface area contributed by atoms with Gasteiger partial charge in [0.25, 0.3) is 30.4 Å². The molecule has 2 aliphatic rings. The van der Waals surface area contributed by atoms with E-state index in [4.69, 9.17) is 0 Å². The molecule has 0 radical (unpaired) electrons. The first-order valence-electron chi connectivity index (χ1n) is 17.9. The lowest BCUT2D eigenvalue weighted by Gasteiger charge is -2.30. The van der Waals surface area contributed by atoms with Gasteiger partial charge >= 0.3 is 5.97 Å². The molecule has 0 aromatic heterocycles. The van der Waals surface area contributed by atoms with Gasteiger partial charge in [-0.25, -0.2) is 0 Å². The summed E-state index contributed by atoms with van der Waals surface area (Å²) < 4.78 is 100. The fourth-order valence-electron chi connectivity index (χ4n) is 7.45. The van der Waals surface area contributed by atoms with Gasteiger partial charge in [0.2, 0.25) is 5.69 Å². The van der Waals surface area contributed by atoms with Crippen LogP contribution in [-0.4, -0.2) is 84.9 Å². The number of fused-ring (bicyclic) bond motifs is 2. The van der Waals surface area contributed by atoms with E-state index < -0.39 is 47.5 Å². The van der Waals surface area contributed by atoms with Gasteiger partial charge in [0, 0.05) is 53.9 Å². The fourth-order valence-corrected chi connectivity index (χ4v) is 9.09. The van der Waals surface area contributed by atoms with E-state index in [0.717, 1.165) is 28.2 Å². The van der Waals surface area contributed by atoms with Gasteiger partial charge in [-0.2, -0.15) is 29.8 Å². The molecule has 2 heterocycles. The van der Waals surface area contributed by atoms with Crippen molar-refractivity contribution in [2.24, 2.45) is 0 Å². The smallest absolute Gasteiger partial charge is 0.303 e. The maximum Gasteiger partial charge on any atom is 0.303 e. The maximum atomic E-state index is 12.2. The highest BCUT2D eigenvalue weighted by molar-refractivity contribution is 7.86. The van der Waals surface area contributed by atoms with Gasteiger partial charge in [-0.3, -0.25) is 18.5 Å². The molecule has 0 aliphatic carbocycles. The second-order valence-electron chi connectivity index (χ2n) is 14.7. The van der Waals surface area contributed by atoms with Crippen LogP contribution in [0.5, 0.6) is 0 Å². The number of carbonyl (C=O) groups is 1. The maximum absolute atomic E-state index is 12.2. The summed E-state index contributed by atoms with van der Waals surface area (Å²) in [5, 5.41) is 9.24. The average Bonchev–Trinajstić information content (AvgIpc) is 3.40. The molecule has 0 spiro atoms. The third-order valence-corrected chi connectivity index (χ3v) is 12.6. The van der Waals surface area contributed by atoms with Crippen LogP contribution in [0.3, 0.4) is 0 Å². The first-order chi connectivity index (χ1) is 25.0. The minimum absolute atomic E-state index is 0.0345. The van der Waals surface area contributed by atoms with Crippen molar-refractivity contribution in [1.82, 2.24) is 0 Å². The van der Waals surface area contributed by atoms with E-state index >= 15 is 0 Å². The number of carboxylic acid groups (broad SMARTS) is 1. The largest absolute Gasteiger partial charge is 0.481 e. The van der Waals surface area contributed by atoms with Crippen LogP contribution in [0.4, 0.5) is 11.4 Å². The van der Waals surface area contributed by atoms with Crippen LogP contribution in [0.2, 0.25) is 0 Å². The van der Waals surface area contributed by atoms with Crippen LogP contribution in [-0.2, 0) is 46.0 Å². The van der Waals surface area contributed by atoms with Crippen LogP contribution < -0.4 is 4.90 Å². The van der Waals surface area contributed by atoms with Gasteiger partial charge < -0.3 is 10.0 Å². The second-order valence-corrected chi connectivity index (χ2v) is 19.3. The molecule has 0 amide bonds. The zero-order chi connectivity index (χ0) is 40.1. The lowest BCUT2D eigenvalue weighted by molar-refractivity contribution is -0.438. The Balaban J connectivity index is 1.73. The van der Waals surface area contributed by atoms with Crippen molar-refractivity contribution in [1.29, 1.82) is 0 Å². The molecule has 1 unspecified atom stereocenters. The van der Waals surface area contributed by atoms with E-state index in [1.54, 1.807) is 6.07 Å². The quantitative estimate of drug-likeness (QED) is 0.0529. The van der Waals surface area contributed by atoms with Crippen molar-refractivity contribution in [3.05, 3.63) is 89.2 Å². The molecular weight excluding hydrogens is 757 g/mol. The molecule has 0 saturated heterocycles. The summed E-state index contributed by atoms with van der Waals surface area (Å²) in [4.78, 5) is 13.0. The number of rotatable bonds is 19. The van der Waals surface area contributed by atoms with Gasteiger partial charge in [0.05, 0.1) is 21.8 Å². The van der Waals surface area contributed by atoms with Crippen LogP contribution in [0.15, 0.2) is 77.4 Å². The van der Waals surface area contributed by atoms with E-state index in [9.17, 15) is 48.8 Å². The SMILES string of the molecule is Cc1ccc2c(c1)C(C)(C)C(/C=C/C=C/C=C1/N(CCCCS(=O)(=O)O)c3ccc(S(=O)(=O)O)cc3C1(C)CCCCC(=O)O)=[N+]2CCCCS(=O)(=O)O. The normalized spacial score (nSPS) is 19.4. The second kappa shape index (κ2) is 17.0. The van der Waals surface area contributed by atoms with Crippen molar-refractivity contribution in [3.8, 4) is 0 Å². The van der Waals surface area contributed by atoms with Crippen LogP contribution in [0, 0.1) is 6.92 Å². The molecule has 54 heavy (non-hydrogen) atoms. The highest BCUT2D eigenvalue weighted by Crippen LogP contribution is 2.51. The topological polar surface area (TPSA) is 207 Å². The van der Waals surface area contributed by atoms with Gasteiger partial charge in [-0.15, -0.1) is 0 Å². The molecule has 0 saturated carbocycles. The molecule has 4 rings (SSSR count). The number of aliphatic carboxylic acids is 1. The Morgan fingerprint density at radius 1 is 0.796 bits per heavy atom. The number of hydrogen-bond acceptors (Lipinski definition) is 8. The number of unbranched alkanes of at least 4 members (excludes halogenated alkanes) is 3. The van der Waals surface area contributed by atoms with Gasteiger partial charge in [-0.1, -0.05) is 36.3 Å². The van der Waals surface area contributed by atoms with E-state index in [1.807, 2.05) is 55.2 Å². The Morgan fingerprint density at radius 2 is 1.46 bits per heavy atom. The first-order valence-corrected chi connectivity index (χ1v) is 22.5. The number of nitrogens with zero attached hydrogens (tertiary/aromatic N) is 2. The minimum Gasteiger partial charge on any atom is -0.481 e. The zero-order valence-electron chi connectivity index (χ0n) is 31.1. The summed E-state index contributed by atoms with van der Waals surface area (Å²) in [6.45, 7) is 9.09. The third-order valence-electron chi connectivity index (χ3n) is 10.2. The molecule has 296 valence electrons. The Labute approximate surface area is 319 Å². The molecule has 4 N–H and O–H groups in total. The Morgan fingerprint density at radius 3 is 2.09 bits per heavy atom. The molecule has 16 heteroatoms. The molecule has 13 nitrogen and oxygen atoms in total. The van der Waals surface area contributed by atoms with Gasteiger partial charge in [-0.05, 0) is 95.7 Å². The van der Waals surface area contributed by atoms with Gasteiger partial charge in [0.15, 0.2) is 5.71 Å². The standard InChI is InChI=1S/C38H50N2O11S3/c1-28-17-19-32-30(26-28)37(2,3)34(39(32)22-10-12-24-52(43,44)45)14-6-5-7-15-35-38(4,21-9-8-16-36(41)42)31-27-29(54(49,50)51)18-20-33(31)40(35)23-11-13-25-53(46,47)48/h5-7,14-15,17-20,26-27H,8-13,16,21-25H2,1-4H3,(H3-,41,42,43,44,45,46,47,48,49,50,51)/p+1. The van der Waals surface area contributed by atoms with Crippen molar-refractivity contribution in [2.75, 3.05) is 29.5 Å². The molecule has 2 aromatic carbocycles. The van der Waals surface area contributed by atoms with Crippen molar-refractivity contribution in [3.63, 3.8) is 0 Å².